The highest BCUT2D eigenvalue weighted by atomic mass is 19.4. The van der Waals surface area contributed by atoms with Gasteiger partial charge in [0.05, 0.1) is 22.6 Å². The van der Waals surface area contributed by atoms with Gasteiger partial charge in [0, 0.05) is 47.1 Å². The molecule has 1 unspecified atom stereocenters. The Kier molecular flexibility index (Phi) is 3.56. The fraction of sp³-hybridized carbons (Fsp3) is 0.111. The molecule has 4 aromatic rings. The molecule has 0 fully saturated rings. The molecule has 0 spiro atoms. The molecule has 1 N–H and O–H groups in total. The number of rotatable bonds is 1. The highest BCUT2D eigenvalue weighted by Crippen LogP contribution is 2.64. The molecule has 7 heteroatoms. The van der Waals surface area contributed by atoms with Crippen molar-refractivity contribution in [2.75, 3.05) is 16.8 Å². The van der Waals surface area contributed by atoms with E-state index in [9.17, 15) is 18.3 Å². The van der Waals surface area contributed by atoms with E-state index in [1.807, 2.05) is 55.6 Å². The number of nitrogens with zero attached hydrogens (tertiary/aromatic N) is 2. The number of anilines is 5. The molecule has 4 aromatic carbocycles. The average molecular weight is 458 g/mol. The first-order valence-electron chi connectivity index (χ1n) is 10.8. The molecule has 0 saturated carbocycles. The molecule has 3 heterocycles. The largest absolute Gasteiger partial charge is 0.508 e. The number of halogens is 3. The molecule has 7 rings (SSSR count). The maximum absolute atomic E-state index is 13.6. The van der Waals surface area contributed by atoms with Gasteiger partial charge in [0.25, 0.3) is 0 Å². The molecule has 3 aliphatic rings. The molecule has 0 radical (unpaired) electrons. The van der Waals surface area contributed by atoms with Gasteiger partial charge in [-0.15, -0.1) is 0 Å². The molecular formula is C27H17F3N2O2. The Labute approximate surface area is 193 Å². The highest BCUT2D eigenvalue weighted by Gasteiger charge is 2.45. The predicted molar refractivity (Wildman–Crippen MR) is 123 cm³/mol. The van der Waals surface area contributed by atoms with Crippen LogP contribution in [0.4, 0.5) is 41.6 Å². The fourth-order valence-electron chi connectivity index (χ4n) is 5.61. The number of hydrogen-bond acceptors (Lipinski definition) is 4. The van der Waals surface area contributed by atoms with Crippen molar-refractivity contribution in [2.45, 2.75) is 12.1 Å². The van der Waals surface area contributed by atoms with Crippen LogP contribution in [0, 0.1) is 0 Å². The van der Waals surface area contributed by atoms with Gasteiger partial charge in [0.15, 0.2) is 0 Å². The normalized spacial score (nSPS) is 16.8. The summed E-state index contributed by atoms with van der Waals surface area (Å²) in [4.78, 5) is 3.89. The molecule has 0 saturated heterocycles. The topological polar surface area (TPSA) is 35.9 Å². The van der Waals surface area contributed by atoms with Crippen LogP contribution in [0.2, 0.25) is 0 Å². The van der Waals surface area contributed by atoms with Crippen LogP contribution >= 0.6 is 0 Å². The van der Waals surface area contributed by atoms with Crippen LogP contribution in [0.25, 0.3) is 0 Å². The van der Waals surface area contributed by atoms with Gasteiger partial charge in [0.1, 0.15) is 17.2 Å². The lowest BCUT2D eigenvalue weighted by Crippen LogP contribution is -2.31. The summed E-state index contributed by atoms with van der Waals surface area (Å²) in [6.07, 6.45) is -4.59. The lowest BCUT2D eigenvalue weighted by atomic mass is 9.74. The molecule has 34 heavy (non-hydrogen) atoms. The Morgan fingerprint density at radius 1 is 0.765 bits per heavy atom. The van der Waals surface area contributed by atoms with Crippen molar-refractivity contribution in [1.29, 1.82) is 0 Å². The van der Waals surface area contributed by atoms with E-state index < -0.39 is 17.5 Å². The monoisotopic (exact) mass is 458 g/mol. The van der Waals surface area contributed by atoms with Gasteiger partial charge in [0.2, 0.25) is 0 Å². The number of phenols is 1. The van der Waals surface area contributed by atoms with E-state index in [1.165, 1.54) is 6.07 Å². The van der Waals surface area contributed by atoms with E-state index in [0.717, 1.165) is 57.3 Å². The van der Waals surface area contributed by atoms with Crippen molar-refractivity contribution in [1.82, 2.24) is 0 Å². The van der Waals surface area contributed by atoms with Gasteiger partial charge in [-0.2, -0.15) is 13.2 Å². The summed E-state index contributed by atoms with van der Waals surface area (Å²) >= 11 is 0. The van der Waals surface area contributed by atoms with Crippen LogP contribution in [0.3, 0.4) is 0 Å². The Bertz CT molecular complexity index is 1530. The van der Waals surface area contributed by atoms with Crippen molar-refractivity contribution in [2.24, 2.45) is 0 Å². The SMILES string of the molecule is CN1c2cccc3c2C2c4c(cccc4N(c4cc(O)cc(C(F)(F)F)c4)c4cccc1c42)O3. The minimum Gasteiger partial charge on any atom is -0.508 e. The Morgan fingerprint density at radius 2 is 1.32 bits per heavy atom. The van der Waals surface area contributed by atoms with E-state index in [1.54, 1.807) is 4.90 Å². The van der Waals surface area contributed by atoms with Gasteiger partial charge >= 0.3 is 6.18 Å². The summed E-state index contributed by atoms with van der Waals surface area (Å²) in [6.45, 7) is 0. The van der Waals surface area contributed by atoms with Crippen molar-refractivity contribution < 1.29 is 23.0 Å². The van der Waals surface area contributed by atoms with Crippen LogP contribution in [0.5, 0.6) is 17.2 Å². The standard InChI is InChI=1S/C27H17F3N2O2/c1-31-17-5-2-7-19-23(17)26-24-18(31)6-3-9-21(24)34-22-10-4-8-20(25(22)26)32(19)15-11-14(27(28,29)30)12-16(33)13-15/h2-13,26,33H,1H3. The van der Waals surface area contributed by atoms with Gasteiger partial charge in [-0.25, -0.2) is 0 Å². The first-order valence-corrected chi connectivity index (χ1v) is 10.8. The van der Waals surface area contributed by atoms with E-state index in [-0.39, 0.29) is 11.6 Å². The first kappa shape index (κ1) is 19.3. The molecule has 0 bridgehead atoms. The van der Waals surface area contributed by atoms with Crippen LogP contribution in [-0.4, -0.2) is 12.2 Å². The lowest BCUT2D eigenvalue weighted by molar-refractivity contribution is -0.137. The molecule has 0 aliphatic carbocycles. The van der Waals surface area contributed by atoms with Crippen LogP contribution < -0.4 is 14.5 Å². The second-order valence-electron chi connectivity index (χ2n) is 8.75. The smallest absolute Gasteiger partial charge is 0.416 e. The van der Waals surface area contributed by atoms with Crippen molar-refractivity contribution in [3.8, 4) is 17.2 Å². The van der Waals surface area contributed by atoms with Crippen molar-refractivity contribution >= 4 is 28.4 Å². The van der Waals surface area contributed by atoms with E-state index >= 15 is 0 Å². The minimum absolute atomic E-state index is 0.107. The molecule has 1 atom stereocenters. The molecule has 3 aliphatic heterocycles. The summed E-state index contributed by atoms with van der Waals surface area (Å²) < 4.78 is 47.2. The van der Waals surface area contributed by atoms with E-state index in [4.69, 9.17) is 4.74 Å². The third kappa shape index (κ3) is 2.38. The van der Waals surface area contributed by atoms with Crippen LogP contribution in [0.1, 0.15) is 28.2 Å². The van der Waals surface area contributed by atoms with Gasteiger partial charge < -0.3 is 19.6 Å². The summed E-state index contributed by atoms with van der Waals surface area (Å²) in [5.74, 6) is 0.912. The zero-order valence-electron chi connectivity index (χ0n) is 17.9. The first-order chi connectivity index (χ1) is 16.3. The number of phenolic OH excluding ortho intramolecular Hbond substituents is 1. The number of alkyl halides is 3. The maximum Gasteiger partial charge on any atom is 0.416 e. The summed E-state index contributed by atoms with van der Waals surface area (Å²) in [7, 11) is 1.98. The summed E-state index contributed by atoms with van der Waals surface area (Å²) in [5.41, 5.74) is 5.83. The van der Waals surface area contributed by atoms with Gasteiger partial charge in [-0.1, -0.05) is 18.2 Å². The van der Waals surface area contributed by atoms with Crippen LogP contribution in [-0.2, 0) is 6.18 Å². The molecule has 0 aromatic heterocycles. The third-order valence-corrected chi connectivity index (χ3v) is 6.92. The number of benzene rings is 4. The fourth-order valence-corrected chi connectivity index (χ4v) is 5.61. The maximum atomic E-state index is 13.6. The molecule has 4 nitrogen and oxygen atoms in total. The Morgan fingerprint density at radius 3 is 2.00 bits per heavy atom. The average Bonchev–Trinajstić information content (AvgIpc) is 2.81. The zero-order chi connectivity index (χ0) is 23.4. The highest BCUT2D eigenvalue weighted by molar-refractivity contribution is 5.95. The van der Waals surface area contributed by atoms with E-state index in [0.29, 0.717) is 5.75 Å². The Hall–Kier alpha value is -4.13. The summed E-state index contributed by atoms with van der Waals surface area (Å²) in [6, 6.07) is 20.6. The zero-order valence-corrected chi connectivity index (χ0v) is 17.9. The lowest BCUT2D eigenvalue weighted by Gasteiger charge is -2.46. The number of aromatic hydroxyl groups is 1. The van der Waals surface area contributed by atoms with E-state index in [2.05, 4.69) is 11.0 Å². The van der Waals surface area contributed by atoms with Crippen molar-refractivity contribution in [3.63, 3.8) is 0 Å². The third-order valence-electron chi connectivity index (χ3n) is 6.92. The van der Waals surface area contributed by atoms with Gasteiger partial charge in [-0.3, -0.25) is 0 Å². The number of hydrogen-bond donors (Lipinski definition) is 1. The molecular weight excluding hydrogens is 441 g/mol. The second kappa shape index (κ2) is 6.26. The second-order valence-corrected chi connectivity index (χ2v) is 8.75. The minimum atomic E-state index is -4.59. The van der Waals surface area contributed by atoms with Crippen LogP contribution in [0.15, 0.2) is 72.8 Å². The number of ether oxygens (including phenoxy) is 1. The summed E-state index contributed by atoms with van der Waals surface area (Å²) in [5, 5.41) is 10.2. The molecule has 168 valence electrons. The molecule has 0 amide bonds. The van der Waals surface area contributed by atoms with Gasteiger partial charge in [-0.05, 0) is 48.5 Å². The quantitative estimate of drug-likeness (QED) is 0.276. The predicted octanol–water partition coefficient (Wildman–Crippen LogP) is 7.56. The van der Waals surface area contributed by atoms with Crippen molar-refractivity contribution in [3.05, 3.63) is 95.1 Å². The Balaban J connectivity index is 1.58.